The summed E-state index contributed by atoms with van der Waals surface area (Å²) in [6.07, 6.45) is 2.77. The van der Waals surface area contributed by atoms with Gasteiger partial charge < -0.3 is 9.84 Å². The van der Waals surface area contributed by atoms with E-state index in [1.807, 2.05) is 0 Å². The second-order valence-corrected chi connectivity index (χ2v) is 4.65. The Bertz CT molecular complexity index is 389. The number of carboxylic acids is 1. The van der Waals surface area contributed by atoms with Gasteiger partial charge in [0, 0.05) is 6.20 Å². The zero-order valence-electron chi connectivity index (χ0n) is 9.77. The molecule has 0 aromatic carbocycles. The van der Waals surface area contributed by atoms with Crippen LogP contribution in [0.5, 0.6) is 0 Å². The summed E-state index contributed by atoms with van der Waals surface area (Å²) in [6, 6.07) is 0. The molecule has 0 aromatic heterocycles. The molecular formula is C11H15NO4. The van der Waals surface area contributed by atoms with Crippen molar-refractivity contribution in [3.8, 4) is 0 Å². The number of ether oxygens (including phenoxy) is 1. The van der Waals surface area contributed by atoms with E-state index < -0.39 is 22.8 Å². The fraction of sp³-hybridized carbons (Fsp3) is 0.545. The quantitative estimate of drug-likeness (QED) is 0.717. The van der Waals surface area contributed by atoms with Gasteiger partial charge in [-0.2, -0.15) is 0 Å². The van der Waals surface area contributed by atoms with E-state index >= 15 is 0 Å². The molecule has 88 valence electrons. The Morgan fingerprint density at radius 1 is 1.44 bits per heavy atom. The van der Waals surface area contributed by atoms with Crippen LogP contribution in [0.3, 0.4) is 0 Å². The number of esters is 1. The summed E-state index contributed by atoms with van der Waals surface area (Å²) in [5, 5.41) is 9.37. The number of aliphatic imine (C=N–C) groups is 1. The predicted molar refractivity (Wildman–Crippen MR) is 58.1 cm³/mol. The number of nitrogens with zero attached hydrogens (tertiary/aromatic N) is 1. The van der Waals surface area contributed by atoms with E-state index in [9.17, 15) is 14.7 Å². The molecule has 1 heterocycles. The second-order valence-electron chi connectivity index (χ2n) is 4.65. The maximum Gasteiger partial charge on any atom is 0.353 e. The van der Waals surface area contributed by atoms with Crippen molar-refractivity contribution in [2.75, 3.05) is 7.11 Å². The molecule has 5 heteroatoms. The van der Waals surface area contributed by atoms with Crippen molar-refractivity contribution in [3.05, 3.63) is 12.3 Å². The average Bonchev–Trinajstić information content (AvgIpc) is 2.60. The standard InChI is InChI=1S/C11H15NO4/c1-10(2,3)11(9(14)15)5-6-12-7(11)8(13)16-4/h5-6H,1-4H3,(H,14,15). The SMILES string of the molecule is COC(=O)C1=NC=CC1(C(=O)O)C(C)(C)C. The van der Waals surface area contributed by atoms with Crippen molar-refractivity contribution in [1.82, 2.24) is 0 Å². The van der Waals surface area contributed by atoms with Crippen LogP contribution in [0, 0.1) is 10.8 Å². The fourth-order valence-electron chi connectivity index (χ4n) is 1.81. The van der Waals surface area contributed by atoms with E-state index in [1.165, 1.54) is 19.4 Å². The van der Waals surface area contributed by atoms with Gasteiger partial charge in [-0.05, 0) is 11.5 Å². The van der Waals surface area contributed by atoms with Gasteiger partial charge in [-0.3, -0.25) is 9.79 Å². The van der Waals surface area contributed by atoms with Crippen molar-refractivity contribution in [3.63, 3.8) is 0 Å². The van der Waals surface area contributed by atoms with Crippen LogP contribution in [0.15, 0.2) is 17.3 Å². The Kier molecular flexibility index (Phi) is 2.90. The molecule has 0 saturated heterocycles. The van der Waals surface area contributed by atoms with Crippen LogP contribution in [0.4, 0.5) is 0 Å². The van der Waals surface area contributed by atoms with Gasteiger partial charge in [-0.25, -0.2) is 4.79 Å². The normalized spacial score (nSPS) is 24.1. The molecule has 1 aliphatic heterocycles. The first-order valence-corrected chi connectivity index (χ1v) is 4.85. The number of hydrogen-bond donors (Lipinski definition) is 1. The number of methoxy groups -OCH3 is 1. The van der Waals surface area contributed by atoms with Gasteiger partial charge in [-0.15, -0.1) is 0 Å². The van der Waals surface area contributed by atoms with Crippen LogP contribution in [-0.2, 0) is 14.3 Å². The highest BCUT2D eigenvalue weighted by Gasteiger charge is 2.55. The summed E-state index contributed by atoms with van der Waals surface area (Å²) in [7, 11) is 1.21. The smallest absolute Gasteiger partial charge is 0.353 e. The Morgan fingerprint density at radius 2 is 2.00 bits per heavy atom. The van der Waals surface area contributed by atoms with Gasteiger partial charge in [0.2, 0.25) is 0 Å². The molecule has 1 atom stereocenters. The number of carbonyl (C=O) groups excluding carboxylic acids is 1. The van der Waals surface area contributed by atoms with E-state index in [4.69, 9.17) is 0 Å². The van der Waals surface area contributed by atoms with Crippen LogP contribution < -0.4 is 0 Å². The van der Waals surface area contributed by atoms with Crippen LogP contribution >= 0.6 is 0 Å². The third-order valence-electron chi connectivity index (χ3n) is 2.80. The number of aliphatic carboxylic acids is 1. The molecule has 16 heavy (non-hydrogen) atoms. The first kappa shape index (κ1) is 12.4. The average molecular weight is 225 g/mol. The lowest BCUT2D eigenvalue weighted by Gasteiger charge is -2.36. The number of hydrogen-bond acceptors (Lipinski definition) is 4. The van der Waals surface area contributed by atoms with Gasteiger partial charge >= 0.3 is 11.9 Å². The molecule has 0 amide bonds. The number of rotatable bonds is 2. The molecule has 0 saturated carbocycles. The summed E-state index contributed by atoms with van der Waals surface area (Å²) >= 11 is 0. The van der Waals surface area contributed by atoms with Gasteiger partial charge in [0.25, 0.3) is 0 Å². The molecule has 0 aromatic rings. The minimum absolute atomic E-state index is 0.0741. The molecule has 1 N–H and O–H groups in total. The summed E-state index contributed by atoms with van der Waals surface area (Å²) in [5.41, 5.74) is -2.16. The number of carboxylic acid groups (broad SMARTS) is 1. The van der Waals surface area contributed by atoms with Gasteiger partial charge in [0.15, 0.2) is 0 Å². The monoisotopic (exact) mass is 225 g/mol. The van der Waals surface area contributed by atoms with E-state index in [1.54, 1.807) is 20.8 Å². The predicted octanol–water partition coefficient (Wildman–Crippen LogP) is 1.24. The molecule has 0 aliphatic carbocycles. The Balaban J connectivity index is 3.34. The molecule has 0 bridgehead atoms. The Hall–Kier alpha value is -1.65. The van der Waals surface area contributed by atoms with Crippen molar-refractivity contribution in [2.24, 2.45) is 15.8 Å². The molecule has 0 radical (unpaired) electrons. The van der Waals surface area contributed by atoms with E-state index in [-0.39, 0.29) is 5.71 Å². The summed E-state index contributed by atoms with van der Waals surface area (Å²) in [4.78, 5) is 26.8. The van der Waals surface area contributed by atoms with E-state index in [2.05, 4.69) is 9.73 Å². The summed E-state index contributed by atoms with van der Waals surface area (Å²) < 4.78 is 4.56. The lowest BCUT2D eigenvalue weighted by atomic mass is 9.64. The van der Waals surface area contributed by atoms with E-state index in [0.717, 1.165) is 0 Å². The maximum absolute atomic E-state index is 11.5. The summed E-state index contributed by atoms with van der Waals surface area (Å²) in [6.45, 7) is 5.24. The van der Waals surface area contributed by atoms with Crippen molar-refractivity contribution in [1.29, 1.82) is 0 Å². The van der Waals surface area contributed by atoms with Crippen LogP contribution in [0.25, 0.3) is 0 Å². The van der Waals surface area contributed by atoms with Gasteiger partial charge in [0.05, 0.1) is 7.11 Å². The van der Waals surface area contributed by atoms with Crippen molar-refractivity contribution >= 4 is 17.7 Å². The van der Waals surface area contributed by atoms with Crippen molar-refractivity contribution < 1.29 is 19.4 Å². The third-order valence-corrected chi connectivity index (χ3v) is 2.80. The second kappa shape index (κ2) is 3.73. The molecule has 1 rings (SSSR count). The Labute approximate surface area is 93.8 Å². The highest BCUT2D eigenvalue weighted by atomic mass is 16.5. The van der Waals surface area contributed by atoms with Gasteiger partial charge in [-0.1, -0.05) is 20.8 Å². The molecule has 5 nitrogen and oxygen atoms in total. The molecular weight excluding hydrogens is 210 g/mol. The molecule has 1 aliphatic rings. The number of carbonyl (C=O) groups is 2. The topological polar surface area (TPSA) is 76.0 Å². The fourth-order valence-corrected chi connectivity index (χ4v) is 1.81. The zero-order valence-corrected chi connectivity index (χ0v) is 9.77. The largest absolute Gasteiger partial charge is 0.480 e. The molecule has 0 fully saturated rings. The Morgan fingerprint density at radius 3 is 2.38 bits per heavy atom. The lowest BCUT2D eigenvalue weighted by Crippen LogP contribution is -2.49. The highest BCUT2D eigenvalue weighted by Crippen LogP contribution is 2.44. The van der Waals surface area contributed by atoms with Gasteiger partial charge in [0.1, 0.15) is 11.1 Å². The van der Waals surface area contributed by atoms with E-state index in [0.29, 0.717) is 0 Å². The third kappa shape index (κ3) is 1.52. The van der Waals surface area contributed by atoms with Crippen molar-refractivity contribution in [2.45, 2.75) is 20.8 Å². The van der Waals surface area contributed by atoms with Crippen LogP contribution in [0.2, 0.25) is 0 Å². The molecule has 0 spiro atoms. The minimum atomic E-state index is -1.42. The minimum Gasteiger partial charge on any atom is -0.480 e. The first-order chi connectivity index (χ1) is 7.27. The highest BCUT2D eigenvalue weighted by molar-refractivity contribution is 6.44. The van der Waals surface area contributed by atoms with Crippen LogP contribution in [0.1, 0.15) is 20.8 Å². The molecule has 1 unspecified atom stereocenters. The lowest BCUT2D eigenvalue weighted by molar-refractivity contribution is -0.148. The maximum atomic E-state index is 11.5. The van der Waals surface area contributed by atoms with Crippen LogP contribution in [-0.4, -0.2) is 29.9 Å². The summed E-state index contributed by atoms with van der Waals surface area (Å²) in [5.74, 6) is -1.81. The first-order valence-electron chi connectivity index (χ1n) is 4.85. The zero-order chi connectivity index (χ0) is 12.6.